The van der Waals surface area contributed by atoms with Crippen LogP contribution >= 0.6 is 12.2 Å². The predicted octanol–water partition coefficient (Wildman–Crippen LogP) is 1.74. The number of hydrogen-bond acceptors (Lipinski definition) is 4. The summed E-state index contributed by atoms with van der Waals surface area (Å²) in [7, 11) is 2.06. The number of rotatable bonds is 2. The van der Waals surface area contributed by atoms with Crippen molar-refractivity contribution in [2.24, 2.45) is 7.05 Å². The van der Waals surface area contributed by atoms with Crippen molar-refractivity contribution in [3.63, 3.8) is 0 Å². The Kier molecular flexibility index (Phi) is 3.20. The maximum Gasteiger partial charge on any atom is 0.196 e. The maximum atomic E-state index is 5.06. The molecule has 0 aromatic carbocycles. The fraction of sp³-hybridized carbons (Fsp3) is 0.462. The molecule has 0 unspecified atom stereocenters. The minimum absolute atomic E-state index is 0.578. The second-order valence-electron chi connectivity index (χ2n) is 5.01. The first-order valence-electron chi connectivity index (χ1n) is 6.40. The van der Waals surface area contributed by atoms with Crippen LogP contribution in [0.4, 0.5) is 0 Å². The van der Waals surface area contributed by atoms with E-state index >= 15 is 0 Å². The van der Waals surface area contributed by atoms with E-state index in [1.807, 2.05) is 19.3 Å². The molecule has 0 saturated carbocycles. The van der Waals surface area contributed by atoms with E-state index in [0.29, 0.717) is 4.77 Å². The van der Waals surface area contributed by atoms with Crippen molar-refractivity contribution < 1.29 is 0 Å². The van der Waals surface area contributed by atoms with Crippen LogP contribution in [0, 0.1) is 11.7 Å². The zero-order valence-electron chi connectivity index (χ0n) is 11.2. The number of hydrogen-bond donors (Lipinski definition) is 1. The van der Waals surface area contributed by atoms with E-state index in [4.69, 9.17) is 12.2 Å². The third kappa shape index (κ3) is 2.46. The van der Waals surface area contributed by atoms with Crippen molar-refractivity contribution >= 4 is 12.2 Å². The lowest BCUT2D eigenvalue weighted by molar-refractivity contribution is 0.237. The zero-order chi connectivity index (χ0) is 13.4. The number of imidazole rings is 1. The molecule has 2 aromatic heterocycles. The van der Waals surface area contributed by atoms with Gasteiger partial charge in [-0.2, -0.15) is 0 Å². The van der Waals surface area contributed by atoms with Crippen molar-refractivity contribution in [1.82, 2.24) is 24.4 Å². The minimum Gasteiger partial charge on any atom is -0.334 e. The normalized spacial score (nSPS) is 15.5. The van der Waals surface area contributed by atoms with Gasteiger partial charge in [0.05, 0.1) is 5.69 Å². The van der Waals surface area contributed by atoms with Gasteiger partial charge in [0.2, 0.25) is 0 Å². The smallest absolute Gasteiger partial charge is 0.196 e. The van der Waals surface area contributed by atoms with Crippen molar-refractivity contribution in [1.29, 1.82) is 0 Å². The van der Waals surface area contributed by atoms with Gasteiger partial charge in [-0.25, -0.2) is 9.97 Å². The number of aromatic nitrogens is 4. The molecule has 0 radical (unpaired) electrons. The molecule has 3 heterocycles. The van der Waals surface area contributed by atoms with Crippen molar-refractivity contribution in [3.8, 4) is 0 Å². The number of aromatic amines is 1. The summed E-state index contributed by atoms with van der Waals surface area (Å²) >= 11 is 5.06. The van der Waals surface area contributed by atoms with Crippen molar-refractivity contribution in [2.45, 2.75) is 26.4 Å². The van der Waals surface area contributed by atoms with E-state index in [9.17, 15) is 0 Å². The zero-order valence-corrected chi connectivity index (χ0v) is 12.0. The summed E-state index contributed by atoms with van der Waals surface area (Å²) in [6.07, 6.45) is 4.86. The quantitative estimate of drug-likeness (QED) is 0.848. The minimum atomic E-state index is 0.578. The van der Waals surface area contributed by atoms with Gasteiger partial charge in [-0.15, -0.1) is 0 Å². The molecule has 0 amide bonds. The van der Waals surface area contributed by atoms with E-state index in [1.54, 1.807) is 0 Å². The highest BCUT2D eigenvalue weighted by Crippen LogP contribution is 2.18. The number of H-pyrrole nitrogens is 1. The van der Waals surface area contributed by atoms with Crippen LogP contribution in [0.1, 0.15) is 22.8 Å². The summed E-state index contributed by atoms with van der Waals surface area (Å²) in [5, 5.41) is 0. The van der Waals surface area contributed by atoms with Crippen LogP contribution < -0.4 is 0 Å². The van der Waals surface area contributed by atoms with Crippen LogP contribution in [0.5, 0.6) is 0 Å². The molecule has 0 bridgehead atoms. The number of aryl methyl sites for hydroxylation is 1. The molecular formula is C13H17N5S. The third-order valence-electron chi connectivity index (χ3n) is 3.76. The average molecular weight is 275 g/mol. The van der Waals surface area contributed by atoms with Gasteiger partial charge in [-0.3, -0.25) is 4.90 Å². The van der Waals surface area contributed by atoms with Crippen LogP contribution in [0.3, 0.4) is 0 Å². The van der Waals surface area contributed by atoms with Gasteiger partial charge in [0, 0.05) is 56.8 Å². The fourth-order valence-corrected chi connectivity index (χ4v) is 2.64. The monoisotopic (exact) mass is 275 g/mol. The SMILES string of the molecule is Cc1ncc(CN2CCc3[nH]c(=S)ncc3C2)n1C. The van der Waals surface area contributed by atoms with Crippen LogP contribution in [-0.2, 0) is 26.6 Å². The highest BCUT2D eigenvalue weighted by atomic mass is 32.1. The summed E-state index contributed by atoms with van der Waals surface area (Å²) < 4.78 is 2.72. The predicted molar refractivity (Wildman–Crippen MR) is 75.2 cm³/mol. The summed E-state index contributed by atoms with van der Waals surface area (Å²) in [5.74, 6) is 1.05. The molecular weight excluding hydrogens is 258 g/mol. The molecule has 0 atom stereocenters. The Morgan fingerprint density at radius 2 is 2.21 bits per heavy atom. The average Bonchev–Trinajstić information content (AvgIpc) is 2.71. The number of fused-ring (bicyclic) bond motifs is 1. The molecule has 0 spiro atoms. The molecule has 0 aliphatic carbocycles. The van der Waals surface area contributed by atoms with E-state index < -0.39 is 0 Å². The first kappa shape index (κ1) is 12.5. The molecule has 0 fully saturated rings. The fourth-order valence-electron chi connectivity index (χ4n) is 2.47. The van der Waals surface area contributed by atoms with E-state index in [2.05, 4.69) is 31.5 Å². The molecule has 3 rings (SSSR count). The summed E-state index contributed by atoms with van der Waals surface area (Å²) in [4.78, 5) is 14.1. The number of nitrogens with one attached hydrogen (secondary N) is 1. The molecule has 1 aliphatic rings. The third-order valence-corrected chi connectivity index (χ3v) is 3.96. The summed E-state index contributed by atoms with van der Waals surface area (Å²) in [5.41, 5.74) is 3.73. The van der Waals surface area contributed by atoms with Crippen molar-refractivity contribution in [3.05, 3.63) is 39.9 Å². The van der Waals surface area contributed by atoms with Crippen molar-refractivity contribution in [2.75, 3.05) is 6.54 Å². The second-order valence-corrected chi connectivity index (χ2v) is 5.40. The molecule has 0 saturated heterocycles. The lowest BCUT2D eigenvalue weighted by Gasteiger charge is -2.28. The van der Waals surface area contributed by atoms with Crippen LogP contribution in [0.25, 0.3) is 0 Å². The Hall–Kier alpha value is -1.53. The first-order chi connectivity index (χ1) is 9.13. The molecule has 2 aromatic rings. The van der Waals surface area contributed by atoms with Gasteiger partial charge in [0.1, 0.15) is 5.82 Å². The van der Waals surface area contributed by atoms with Gasteiger partial charge in [-0.05, 0) is 19.1 Å². The topological polar surface area (TPSA) is 49.7 Å². The first-order valence-corrected chi connectivity index (χ1v) is 6.81. The highest BCUT2D eigenvalue weighted by molar-refractivity contribution is 7.71. The molecule has 5 nitrogen and oxygen atoms in total. The van der Waals surface area contributed by atoms with Gasteiger partial charge >= 0.3 is 0 Å². The Balaban J connectivity index is 1.77. The molecule has 1 N–H and O–H groups in total. The summed E-state index contributed by atoms with van der Waals surface area (Å²) in [6, 6.07) is 0. The Morgan fingerprint density at radius 3 is 2.95 bits per heavy atom. The second kappa shape index (κ2) is 4.86. The molecule has 6 heteroatoms. The largest absolute Gasteiger partial charge is 0.334 e. The molecule has 100 valence electrons. The maximum absolute atomic E-state index is 5.06. The van der Waals surface area contributed by atoms with E-state index in [0.717, 1.165) is 31.9 Å². The Labute approximate surface area is 117 Å². The van der Waals surface area contributed by atoms with E-state index in [1.165, 1.54) is 17.0 Å². The summed E-state index contributed by atoms with van der Waals surface area (Å²) in [6.45, 7) is 4.90. The highest BCUT2D eigenvalue weighted by Gasteiger charge is 2.18. The van der Waals surface area contributed by atoms with E-state index in [-0.39, 0.29) is 0 Å². The van der Waals surface area contributed by atoms with Gasteiger partial charge in [0.25, 0.3) is 0 Å². The molecule has 19 heavy (non-hydrogen) atoms. The van der Waals surface area contributed by atoms with Gasteiger partial charge in [0.15, 0.2) is 4.77 Å². The molecule has 1 aliphatic heterocycles. The van der Waals surface area contributed by atoms with Gasteiger partial charge in [-0.1, -0.05) is 0 Å². The van der Waals surface area contributed by atoms with Crippen LogP contribution in [0.15, 0.2) is 12.4 Å². The van der Waals surface area contributed by atoms with Crippen LogP contribution in [0.2, 0.25) is 0 Å². The number of nitrogens with zero attached hydrogens (tertiary/aromatic N) is 4. The lowest BCUT2D eigenvalue weighted by atomic mass is 10.1. The Morgan fingerprint density at radius 1 is 1.37 bits per heavy atom. The Bertz CT molecular complexity index is 657. The lowest BCUT2D eigenvalue weighted by Crippen LogP contribution is -2.31. The van der Waals surface area contributed by atoms with Crippen LogP contribution in [-0.4, -0.2) is 31.0 Å². The van der Waals surface area contributed by atoms with Gasteiger partial charge < -0.3 is 9.55 Å². The standard InChI is InChI=1S/C13H17N5S/c1-9-14-6-11(17(9)2)8-18-4-3-12-10(7-18)5-15-13(19)16-12/h5-6H,3-4,7-8H2,1-2H3,(H,15,16,19).